The fourth-order valence-electron chi connectivity index (χ4n) is 2.65. The third kappa shape index (κ3) is 5.70. The van der Waals surface area contributed by atoms with Gasteiger partial charge in [0.05, 0.1) is 26.0 Å². The van der Waals surface area contributed by atoms with Gasteiger partial charge >= 0.3 is 5.97 Å². The van der Waals surface area contributed by atoms with Gasteiger partial charge in [0, 0.05) is 15.6 Å². The van der Waals surface area contributed by atoms with E-state index in [1.807, 2.05) is 6.07 Å². The van der Waals surface area contributed by atoms with Gasteiger partial charge in [-0.2, -0.15) is 5.10 Å². The maximum absolute atomic E-state index is 12.6. The van der Waals surface area contributed by atoms with Gasteiger partial charge in [0.2, 0.25) is 0 Å². The number of methoxy groups -OCH3 is 2. The lowest BCUT2D eigenvalue weighted by molar-refractivity contribution is 0.0733. The summed E-state index contributed by atoms with van der Waals surface area (Å²) >= 11 is 3.38. The van der Waals surface area contributed by atoms with Crippen LogP contribution in [0.15, 0.2) is 76.3 Å². The van der Waals surface area contributed by atoms with Gasteiger partial charge in [-0.3, -0.25) is 4.79 Å². The fraction of sp³-hybridized carbons (Fsp3) is 0.0870. The van der Waals surface area contributed by atoms with E-state index < -0.39 is 5.97 Å². The van der Waals surface area contributed by atoms with Gasteiger partial charge in [0.25, 0.3) is 5.91 Å². The Morgan fingerprint density at radius 2 is 1.58 bits per heavy atom. The molecule has 1 amide bonds. The van der Waals surface area contributed by atoms with Crippen LogP contribution >= 0.6 is 15.9 Å². The molecule has 0 spiro atoms. The number of nitrogens with one attached hydrogen (secondary N) is 1. The average molecular weight is 483 g/mol. The molecule has 0 aliphatic heterocycles. The van der Waals surface area contributed by atoms with Gasteiger partial charge in [0.1, 0.15) is 5.75 Å². The maximum Gasteiger partial charge on any atom is 0.343 e. The number of hydrogen-bond acceptors (Lipinski definition) is 6. The number of benzene rings is 3. The molecule has 3 rings (SSSR count). The quantitative estimate of drug-likeness (QED) is 0.232. The SMILES string of the molecule is COc1ccc(C(=O)Oc2ccc(Br)cc2/C=N\NC(=O)c2ccccc2)cc1OC. The van der Waals surface area contributed by atoms with E-state index >= 15 is 0 Å². The largest absolute Gasteiger partial charge is 0.493 e. The highest BCUT2D eigenvalue weighted by molar-refractivity contribution is 9.10. The van der Waals surface area contributed by atoms with Crippen molar-refractivity contribution in [3.8, 4) is 17.2 Å². The van der Waals surface area contributed by atoms with Crippen molar-refractivity contribution in [2.45, 2.75) is 0 Å². The standard InChI is InChI=1S/C23H19BrN2O5/c1-29-20-10-8-16(13-21(20)30-2)23(28)31-19-11-9-18(24)12-17(19)14-25-26-22(27)15-6-4-3-5-7-15/h3-14H,1-2H3,(H,26,27)/b25-14-. The smallest absolute Gasteiger partial charge is 0.343 e. The minimum Gasteiger partial charge on any atom is -0.493 e. The topological polar surface area (TPSA) is 86.2 Å². The lowest BCUT2D eigenvalue weighted by atomic mass is 10.2. The van der Waals surface area contributed by atoms with Crippen LogP contribution in [0.3, 0.4) is 0 Å². The molecule has 0 saturated heterocycles. The van der Waals surface area contributed by atoms with Crippen molar-refractivity contribution in [2.24, 2.45) is 5.10 Å². The summed E-state index contributed by atoms with van der Waals surface area (Å²) in [6, 6.07) is 18.5. The van der Waals surface area contributed by atoms with Gasteiger partial charge in [-0.1, -0.05) is 34.1 Å². The third-order valence-corrected chi connectivity index (χ3v) is 4.69. The van der Waals surface area contributed by atoms with Crippen LogP contribution in [0.4, 0.5) is 0 Å². The predicted octanol–water partition coefficient (Wildman–Crippen LogP) is 4.45. The summed E-state index contributed by atoms with van der Waals surface area (Å²) in [6.45, 7) is 0. The molecule has 3 aromatic rings. The second-order valence-electron chi connectivity index (χ2n) is 6.21. The van der Waals surface area contributed by atoms with E-state index in [0.29, 0.717) is 28.2 Å². The van der Waals surface area contributed by atoms with E-state index in [2.05, 4.69) is 26.5 Å². The molecule has 3 aromatic carbocycles. The fourth-order valence-corrected chi connectivity index (χ4v) is 3.03. The van der Waals surface area contributed by atoms with E-state index in [4.69, 9.17) is 14.2 Å². The second-order valence-corrected chi connectivity index (χ2v) is 7.12. The molecule has 0 fully saturated rings. The van der Waals surface area contributed by atoms with Crippen molar-refractivity contribution >= 4 is 34.0 Å². The normalized spacial score (nSPS) is 10.5. The zero-order valence-corrected chi connectivity index (χ0v) is 18.4. The summed E-state index contributed by atoms with van der Waals surface area (Å²) in [4.78, 5) is 24.8. The summed E-state index contributed by atoms with van der Waals surface area (Å²) in [5, 5.41) is 3.98. The van der Waals surface area contributed by atoms with Crippen molar-refractivity contribution < 1.29 is 23.8 Å². The number of hydrazone groups is 1. The van der Waals surface area contributed by atoms with Crippen molar-refractivity contribution in [3.63, 3.8) is 0 Å². The van der Waals surface area contributed by atoms with E-state index in [-0.39, 0.29) is 11.7 Å². The van der Waals surface area contributed by atoms with Crippen LogP contribution in [-0.2, 0) is 0 Å². The highest BCUT2D eigenvalue weighted by Crippen LogP contribution is 2.29. The van der Waals surface area contributed by atoms with E-state index in [1.165, 1.54) is 26.5 Å². The maximum atomic E-state index is 12.6. The number of hydrogen-bond donors (Lipinski definition) is 1. The monoisotopic (exact) mass is 482 g/mol. The Kier molecular flexibility index (Phi) is 7.40. The molecule has 0 bridgehead atoms. The van der Waals surface area contributed by atoms with Crippen LogP contribution < -0.4 is 19.6 Å². The molecule has 0 unspecified atom stereocenters. The summed E-state index contributed by atoms with van der Waals surface area (Å²) in [7, 11) is 3.00. The molecule has 0 aliphatic carbocycles. The van der Waals surface area contributed by atoms with Gasteiger partial charge in [-0.05, 0) is 48.5 Å². The summed E-state index contributed by atoms with van der Waals surface area (Å²) < 4.78 is 16.7. The van der Waals surface area contributed by atoms with Crippen molar-refractivity contribution in [2.75, 3.05) is 14.2 Å². The first-order valence-corrected chi connectivity index (χ1v) is 9.93. The summed E-state index contributed by atoms with van der Waals surface area (Å²) in [5.41, 5.74) is 3.72. The van der Waals surface area contributed by atoms with Crippen LogP contribution in [0.1, 0.15) is 26.3 Å². The number of ether oxygens (including phenoxy) is 3. The molecular weight excluding hydrogens is 464 g/mol. The molecule has 7 nitrogen and oxygen atoms in total. The average Bonchev–Trinajstić information content (AvgIpc) is 2.80. The lowest BCUT2D eigenvalue weighted by Gasteiger charge is -2.11. The number of carbonyl (C=O) groups is 2. The van der Waals surface area contributed by atoms with Crippen molar-refractivity contribution in [1.29, 1.82) is 0 Å². The number of nitrogens with zero attached hydrogens (tertiary/aromatic N) is 1. The Morgan fingerprint density at radius 3 is 2.29 bits per heavy atom. The molecule has 0 aromatic heterocycles. The molecule has 8 heteroatoms. The second kappa shape index (κ2) is 10.4. The molecule has 0 heterocycles. The Bertz CT molecular complexity index is 1120. The van der Waals surface area contributed by atoms with Crippen LogP contribution in [0, 0.1) is 0 Å². The molecule has 158 valence electrons. The van der Waals surface area contributed by atoms with Gasteiger partial charge < -0.3 is 14.2 Å². The Labute approximate surface area is 187 Å². The first kappa shape index (κ1) is 22.0. The molecule has 1 N–H and O–H groups in total. The first-order chi connectivity index (χ1) is 15.0. The van der Waals surface area contributed by atoms with Crippen LogP contribution in [0.5, 0.6) is 17.2 Å². The Balaban J connectivity index is 1.77. The van der Waals surface area contributed by atoms with Gasteiger partial charge in [-0.15, -0.1) is 0 Å². The molecule has 0 atom stereocenters. The minimum atomic E-state index is -0.578. The Morgan fingerprint density at radius 1 is 0.871 bits per heavy atom. The lowest BCUT2D eigenvalue weighted by Crippen LogP contribution is -2.17. The number of rotatable bonds is 7. The minimum absolute atomic E-state index is 0.278. The van der Waals surface area contributed by atoms with Gasteiger partial charge in [-0.25, -0.2) is 10.2 Å². The number of amides is 1. The molecule has 0 radical (unpaired) electrons. The van der Waals surface area contributed by atoms with Crippen molar-refractivity contribution in [3.05, 3.63) is 87.9 Å². The zero-order chi connectivity index (χ0) is 22.2. The molecule has 31 heavy (non-hydrogen) atoms. The van der Waals surface area contributed by atoms with E-state index in [1.54, 1.807) is 54.6 Å². The zero-order valence-electron chi connectivity index (χ0n) is 16.8. The molecule has 0 saturated carbocycles. The van der Waals surface area contributed by atoms with Crippen LogP contribution in [0.2, 0.25) is 0 Å². The first-order valence-electron chi connectivity index (χ1n) is 9.14. The highest BCUT2D eigenvalue weighted by Gasteiger charge is 2.15. The predicted molar refractivity (Wildman–Crippen MR) is 120 cm³/mol. The van der Waals surface area contributed by atoms with E-state index in [9.17, 15) is 9.59 Å². The highest BCUT2D eigenvalue weighted by atomic mass is 79.9. The van der Waals surface area contributed by atoms with Gasteiger partial charge in [0.15, 0.2) is 11.5 Å². The van der Waals surface area contributed by atoms with Crippen molar-refractivity contribution in [1.82, 2.24) is 5.43 Å². The molecular formula is C23H19BrN2O5. The number of carbonyl (C=O) groups excluding carboxylic acids is 2. The Hall–Kier alpha value is -3.65. The summed E-state index contributed by atoms with van der Waals surface area (Å²) in [6.07, 6.45) is 1.41. The van der Waals surface area contributed by atoms with Crippen LogP contribution in [0.25, 0.3) is 0 Å². The summed E-state index contributed by atoms with van der Waals surface area (Å²) in [5.74, 6) is 0.269. The third-order valence-electron chi connectivity index (χ3n) is 4.20. The van der Waals surface area contributed by atoms with E-state index in [0.717, 1.165) is 4.47 Å². The number of esters is 1. The molecule has 0 aliphatic rings. The number of halogens is 1. The van der Waals surface area contributed by atoms with Crippen LogP contribution in [-0.4, -0.2) is 32.3 Å².